The average molecular weight is 512 g/mol. The smallest absolute Gasteiger partial charge is 0.261 e. The van der Waals surface area contributed by atoms with E-state index in [0.29, 0.717) is 28.3 Å². The van der Waals surface area contributed by atoms with Crippen LogP contribution in [0.5, 0.6) is 5.75 Å². The van der Waals surface area contributed by atoms with Crippen LogP contribution in [0.1, 0.15) is 34.6 Å². The average Bonchev–Trinajstić information content (AvgIpc) is 2.75. The Balaban J connectivity index is 1.67. The van der Waals surface area contributed by atoms with Crippen LogP contribution in [0.4, 0.5) is 11.4 Å². The van der Waals surface area contributed by atoms with Crippen molar-refractivity contribution in [3.8, 4) is 5.75 Å². The number of para-hydroxylation sites is 1. The van der Waals surface area contributed by atoms with Crippen molar-refractivity contribution in [2.75, 3.05) is 10.6 Å². The molecule has 0 saturated heterocycles. The number of carbonyl (C=O) groups is 2. The molecule has 3 aromatic carbocycles. The van der Waals surface area contributed by atoms with Crippen molar-refractivity contribution in [3.05, 3.63) is 88.4 Å². The molecular weight excluding hydrogens is 490 g/mol. The molecule has 0 aliphatic carbocycles. The predicted octanol–water partition coefficient (Wildman–Crippen LogP) is 5.62. The fourth-order valence-electron chi connectivity index (χ4n) is 2.83. The van der Waals surface area contributed by atoms with Crippen LogP contribution in [0.3, 0.4) is 0 Å². The molecule has 8 heteroatoms. The molecule has 0 aliphatic rings. The number of amides is 2. The standard InChI is InChI=1S/C24H22BrN3O3S/c1-15(2)31-21-12-11-17(25)14-20(21)23(30)28-24(32)27-19-10-6-7-16(13-19)22(29)26-18-8-4-3-5-9-18/h3-15H,1-2H3,(H,26,29)(H2,27,28,30,32). The van der Waals surface area contributed by atoms with Gasteiger partial charge in [0.15, 0.2) is 5.11 Å². The summed E-state index contributed by atoms with van der Waals surface area (Å²) in [6.45, 7) is 3.77. The van der Waals surface area contributed by atoms with Gasteiger partial charge in [-0.05, 0) is 74.6 Å². The van der Waals surface area contributed by atoms with Crippen molar-refractivity contribution in [1.82, 2.24) is 5.32 Å². The summed E-state index contributed by atoms with van der Waals surface area (Å²) in [4.78, 5) is 25.3. The maximum Gasteiger partial charge on any atom is 0.261 e. The molecule has 0 spiro atoms. The second-order valence-electron chi connectivity index (χ2n) is 7.12. The van der Waals surface area contributed by atoms with Crippen LogP contribution in [0, 0.1) is 0 Å². The molecule has 0 radical (unpaired) electrons. The zero-order chi connectivity index (χ0) is 23.1. The number of carbonyl (C=O) groups excluding carboxylic acids is 2. The lowest BCUT2D eigenvalue weighted by molar-refractivity contribution is 0.0970. The third-order valence-corrected chi connectivity index (χ3v) is 4.89. The summed E-state index contributed by atoms with van der Waals surface area (Å²) >= 11 is 8.67. The highest BCUT2D eigenvalue weighted by molar-refractivity contribution is 9.10. The first-order chi connectivity index (χ1) is 15.3. The van der Waals surface area contributed by atoms with E-state index in [1.54, 1.807) is 42.5 Å². The summed E-state index contributed by atoms with van der Waals surface area (Å²) in [6.07, 6.45) is -0.0856. The number of rotatable bonds is 6. The van der Waals surface area contributed by atoms with E-state index in [-0.39, 0.29) is 17.1 Å². The van der Waals surface area contributed by atoms with E-state index < -0.39 is 5.91 Å². The van der Waals surface area contributed by atoms with Crippen LogP contribution in [0.15, 0.2) is 77.3 Å². The van der Waals surface area contributed by atoms with E-state index in [2.05, 4.69) is 31.9 Å². The quantitative estimate of drug-likeness (QED) is 0.374. The number of hydrogen-bond donors (Lipinski definition) is 3. The Kier molecular flexibility index (Phi) is 7.97. The molecule has 0 atom stereocenters. The van der Waals surface area contributed by atoms with Crippen LogP contribution in [0.25, 0.3) is 0 Å². The van der Waals surface area contributed by atoms with E-state index in [9.17, 15) is 9.59 Å². The van der Waals surface area contributed by atoms with Crippen LogP contribution >= 0.6 is 28.1 Å². The van der Waals surface area contributed by atoms with E-state index in [1.165, 1.54) is 0 Å². The van der Waals surface area contributed by atoms with Crippen LogP contribution < -0.4 is 20.7 Å². The molecule has 0 aliphatic heterocycles. The molecular formula is C24H22BrN3O3S. The summed E-state index contributed by atoms with van der Waals surface area (Å²) in [5.41, 5.74) is 2.08. The number of benzene rings is 3. The largest absolute Gasteiger partial charge is 0.490 e. The number of nitrogens with one attached hydrogen (secondary N) is 3. The Labute approximate surface area is 200 Å². The first-order valence-electron chi connectivity index (χ1n) is 9.87. The lowest BCUT2D eigenvalue weighted by Gasteiger charge is -2.15. The molecule has 0 saturated carbocycles. The van der Waals surface area contributed by atoms with Crippen LogP contribution in [-0.4, -0.2) is 23.0 Å². The van der Waals surface area contributed by atoms with Gasteiger partial charge in [0.1, 0.15) is 5.75 Å². The highest BCUT2D eigenvalue weighted by Crippen LogP contribution is 2.24. The first-order valence-corrected chi connectivity index (χ1v) is 11.1. The molecule has 164 valence electrons. The monoisotopic (exact) mass is 511 g/mol. The highest BCUT2D eigenvalue weighted by atomic mass is 79.9. The maximum absolute atomic E-state index is 12.8. The Bertz CT molecular complexity index is 1140. The Morgan fingerprint density at radius 2 is 1.59 bits per heavy atom. The normalized spacial score (nSPS) is 10.4. The second kappa shape index (κ2) is 10.9. The van der Waals surface area contributed by atoms with Crippen molar-refractivity contribution in [2.24, 2.45) is 0 Å². The molecule has 3 aromatic rings. The van der Waals surface area contributed by atoms with Gasteiger partial charge in [0.05, 0.1) is 11.7 Å². The van der Waals surface area contributed by atoms with E-state index in [1.807, 2.05) is 44.2 Å². The first kappa shape index (κ1) is 23.4. The molecule has 6 nitrogen and oxygen atoms in total. The number of thiocarbonyl (C=S) groups is 1. The molecule has 3 rings (SSSR count). The van der Waals surface area contributed by atoms with Gasteiger partial charge in [0, 0.05) is 21.4 Å². The molecule has 32 heavy (non-hydrogen) atoms. The summed E-state index contributed by atoms with van der Waals surface area (Å²) < 4.78 is 6.47. The van der Waals surface area contributed by atoms with Crippen molar-refractivity contribution in [3.63, 3.8) is 0 Å². The van der Waals surface area contributed by atoms with Crippen molar-refractivity contribution in [2.45, 2.75) is 20.0 Å². The zero-order valence-corrected chi connectivity index (χ0v) is 19.9. The topological polar surface area (TPSA) is 79.5 Å². The summed E-state index contributed by atoms with van der Waals surface area (Å²) in [6, 6.07) is 21.2. The third-order valence-electron chi connectivity index (χ3n) is 4.19. The van der Waals surface area contributed by atoms with Gasteiger partial charge in [-0.2, -0.15) is 0 Å². The lowest BCUT2D eigenvalue weighted by atomic mass is 10.1. The number of halogens is 1. The Morgan fingerprint density at radius 3 is 2.31 bits per heavy atom. The van der Waals surface area contributed by atoms with Gasteiger partial charge in [-0.15, -0.1) is 0 Å². The van der Waals surface area contributed by atoms with Crippen molar-refractivity contribution >= 4 is 56.4 Å². The van der Waals surface area contributed by atoms with Crippen LogP contribution in [0.2, 0.25) is 0 Å². The van der Waals surface area contributed by atoms with E-state index in [4.69, 9.17) is 17.0 Å². The van der Waals surface area contributed by atoms with Gasteiger partial charge in [0.2, 0.25) is 0 Å². The van der Waals surface area contributed by atoms with Gasteiger partial charge >= 0.3 is 0 Å². The summed E-state index contributed by atoms with van der Waals surface area (Å²) in [5, 5.41) is 8.53. The number of anilines is 2. The molecule has 3 N–H and O–H groups in total. The zero-order valence-electron chi connectivity index (χ0n) is 17.5. The molecule has 0 bridgehead atoms. The summed E-state index contributed by atoms with van der Waals surface area (Å²) in [5.74, 6) is -0.195. The Morgan fingerprint density at radius 1 is 0.875 bits per heavy atom. The fraction of sp³-hybridized carbons (Fsp3) is 0.125. The van der Waals surface area contributed by atoms with Gasteiger partial charge in [-0.25, -0.2) is 0 Å². The highest BCUT2D eigenvalue weighted by Gasteiger charge is 2.16. The minimum absolute atomic E-state index is 0.0856. The van der Waals surface area contributed by atoms with Gasteiger partial charge < -0.3 is 15.4 Å². The number of ether oxygens (including phenoxy) is 1. The second-order valence-corrected chi connectivity index (χ2v) is 8.44. The fourth-order valence-corrected chi connectivity index (χ4v) is 3.40. The molecule has 2 amide bonds. The van der Waals surface area contributed by atoms with Crippen molar-refractivity contribution < 1.29 is 14.3 Å². The summed E-state index contributed by atoms with van der Waals surface area (Å²) in [7, 11) is 0. The van der Waals surface area contributed by atoms with Gasteiger partial charge in [0.25, 0.3) is 11.8 Å². The van der Waals surface area contributed by atoms with Gasteiger partial charge in [-0.1, -0.05) is 40.2 Å². The van der Waals surface area contributed by atoms with E-state index in [0.717, 1.165) is 4.47 Å². The minimum Gasteiger partial charge on any atom is -0.490 e. The van der Waals surface area contributed by atoms with Gasteiger partial charge in [-0.3, -0.25) is 14.9 Å². The minimum atomic E-state index is -0.405. The molecule has 0 heterocycles. The predicted molar refractivity (Wildman–Crippen MR) is 134 cm³/mol. The number of hydrogen-bond acceptors (Lipinski definition) is 4. The SMILES string of the molecule is CC(C)Oc1ccc(Br)cc1C(=O)NC(=S)Nc1cccc(C(=O)Nc2ccccc2)c1. The van der Waals surface area contributed by atoms with E-state index >= 15 is 0 Å². The third kappa shape index (κ3) is 6.63. The maximum atomic E-state index is 12.8. The Hall–Kier alpha value is -3.23. The molecule has 0 unspecified atom stereocenters. The molecule has 0 fully saturated rings. The molecule has 0 aromatic heterocycles. The van der Waals surface area contributed by atoms with Crippen LogP contribution in [-0.2, 0) is 0 Å². The lowest BCUT2D eigenvalue weighted by Crippen LogP contribution is -2.34. The van der Waals surface area contributed by atoms with Crippen molar-refractivity contribution in [1.29, 1.82) is 0 Å².